The number of aromatic carboxylic acids is 1. The van der Waals surface area contributed by atoms with Crippen molar-refractivity contribution in [1.29, 1.82) is 0 Å². The molecule has 0 saturated carbocycles. The maximum Gasteiger partial charge on any atom is 0.353 e. The molecule has 1 amide bonds. The van der Waals surface area contributed by atoms with Crippen molar-refractivity contribution in [3.05, 3.63) is 63.5 Å². The van der Waals surface area contributed by atoms with Crippen molar-refractivity contribution >= 4 is 23.5 Å². The molecule has 2 aromatic heterocycles. The van der Waals surface area contributed by atoms with Crippen LogP contribution in [0.15, 0.2) is 24.5 Å². The van der Waals surface area contributed by atoms with Gasteiger partial charge in [0.25, 0.3) is 5.91 Å². The van der Waals surface area contributed by atoms with Crippen LogP contribution in [0.5, 0.6) is 0 Å². The van der Waals surface area contributed by atoms with Gasteiger partial charge in [0.2, 0.25) is 0 Å². The summed E-state index contributed by atoms with van der Waals surface area (Å²) in [6.07, 6.45) is 2.90. The molecule has 2 heterocycles. The van der Waals surface area contributed by atoms with Crippen molar-refractivity contribution in [3.63, 3.8) is 0 Å². The topological polar surface area (TPSA) is 172 Å². The number of halogens is 1. The molecule has 0 saturated heterocycles. The van der Waals surface area contributed by atoms with Crippen LogP contribution in [0.3, 0.4) is 0 Å². The molecule has 0 aliphatic rings. The molecule has 3 aromatic rings. The normalized spacial score (nSPS) is 10.9. The Bertz CT molecular complexity index is 1080. The van der Waals surface area contributed by atoms with E-state index in [1.165, 1.54) is 12.4 Å². The van der Waals surface area contributed by atoms with Crippen LogP contribution in [0, 0.1) is 0 Å². The fraction of sp³-hybridized carbons (Fsp3) is 0.211. The molecule has 0 spiro atoms. The Hall–Kier alpha value is -3.18. The lowest BCUT2D eigenvalue weighted by atomic mass is 9.92. The summed E-state index contributed by atoms with van der Waals surface area (Å²) in [4.78, 5) is 33.0. The molecular formula is C19H19ClN4O6. The van der Waals surface area contributed by atoms with Crippen molar-refractivity contribution in [2.75, 3.05) is 0 Å². The lowest BCUT2D eigenvalue weighted by Gasteiger charge is -2.16. The average molecular weight is 435 g/mol. The molecule has 11 heteroatoms. The number of amides is 1. The number of carbonyl (C=O) groups excluding carboxylic acids is 1. The summed E-state index contributed by atoms with van der Waals surface area (Å²) in [6.45, 7) is -1.39. The maximum atomic E-state index is 12.2. The number of aliphatic hydroxyl groups is 3. The SMILES string of the molecule is O=C(NCc1[nH]c(C(=O)O)c(Cl)c1-c1ccc(CO)c(CO)c1CO)c1ncc[nH]1. The molecule has 0 atom stereocenters. The minimum Gasteiger partial charge on any atom is -0.477 e. The molecule has 10 nitrogen and oxygen atoms in total. The number of nitrogens with zero attached hydrogens (tertiary/aromatic N) is 1. The quantitative estimate of drug-likeness (QED) is 0.278. The van der Waals surface area contributed by atoms with Gasteiger partial charge in [0.15, 0.2) is 5.82 Å². The Labute approximate surface area is 175 Å². The van der Waals surface area contributed by atoms with E-state index in [9.17, 15) is 30.0 Å². The predicted molar refractivity (Wildman–Crippen MR) is 106 cm³/mol. The minimum absolute atomic E-state index is 0.0820. The molecule has 0 unspecified atom stereocenters. The van der Waals surface area contributed by atoms with Gasteiger partial charge in [0, 0.05) is 23.7 Å². The van der Waals surface area contributed by atoms with Gasteiger partial charge in [-0.1, -0.05) is 23.7 Å². The van der Waals surface area contributed by atoms with Crippen molar-refractivity contribution in [3.8, 4) is 11.1 Å². The number of carbonyl (C=O) groups is 2. The van der Waals surface area contributed by atoms with Crippen molar-refractivity contribution in [2.45, 2.75) is 26.4 Å². The number of carboxylic acids is 1. The predicted octanol–water partition coefficient (Wildman–Crippen LogP) is 1.16. The van der Waals surface area contributed by atoms with Gasteiger partial charge in [0.05, 0.1) is 31.4 Å². The highest BCUT2D eigenvalue weighted by Crippen LogP contribution is 2.38. The van der Waals surface area contributed by atoms with Gasteiger partial charge in [-0.2, -0.15) is 0 Å². The van der Waals surface area contributed by atoms with Crippen molar-refractivity contribution < 1.29 is 30.0 Å². The first kappa shape index (κ1) is 21.5. The summed E-state index contributed by atoms with van der Waals surface area (Å²) in [5.74, 6) is -1.73. The summed E-state index contributed by atoms with van der Waals surface area (Å²) in [5.41, 5.74) is 1.66. The molecule has 0 bridgehead atoms. The summed E-state index contributed by atoms with van der Waals surface area (Å²) < 4.78 is 0. The van der Waals surface area contributed by atoms with Gasteiger partial charge < -0.3 is 35.7 Å². The number of nitrogens with one attached hydrogen (secondary N) is 3. The van der Waals surface area contributed by atoms with Crippen LogP contribution in [0.2, 0.25) is 5.02 Å². The second kappa shape index (κ2) is 9.09. The van der Waals surface area contributed by atoms with E-state index >= 15 is 0 Å². The highest BCUT2D eigenvalue weighted by Gasteiger charge is 2.25. The maximum absolute atomic E-state index is 12.2. The number of carboxylic acid groups (broad SMARTS) is 1. The number of aromatic nitrogens is 3. The van der Waals surface area contributed by atoms with Crippen LogP contribution in [0.25, 0.3) is 11.1 Å². The zero-order valence-electron chi connectivity index (χ0n) is 15.6. The standard InChI is InChI=1S/C19H19ClN4O6/c20-15-14(10-2-1-9(6-25)11(7-26)12(10)8-27)13(24-16(15)19(29)30)5-23-18(28)17-21-3-4-22-17/h1-4,24-27H,5-8H2,(H,21,22)(H,23,28)(H,29,30). The zero-order valence-corrected chi connectivity index (χ0v) is 16.3. The molecule has 1 aromatic carbocycles. The van der Waals surface area contributed by atoms with Crippen LogP contribution >= 0.6 is 11.6 Å². The lowest BCUT2D eigenvalue weighted by Crippen LogP contribution is -2.24. The van der Waals surface area contributed by atoms with Crippen LogP contribution in [-0.4, -0.2) is 47.3 Å². The monoisotopic (exact) mass is 434 g/mol. The second-order valence-corrected chi connectivity index (χ2v) is 6.67. The number of hydrogen-bond donors (Lipinski definition) is 7. The first-order valence-electron chi connectivity index (χ1n) is 8.80. The fourth-order valence-corrected chi connectivity index (χ4v) is 3.57. The largest absolute Gasteiger partial charge is 0.477 e. The Balaban J connectivity index is 2.10. The van der Waals surface area contributed by atoms with Gasteiger partial charge in [-0.05, 0) is 22.3 Å². The number of aromatic amines is 2. The first-order chi connectivity index (χ1) is 14.4. The molecule has 0 fully saturated rings. The number of benzene rings is 1. The van der Waals surface area contributed by atoms with E-state index in [0.29, 0.717) is 22.3 Å². The van der Waals surface area contributed by atoms with E-state index in [1.54, 1.807) is 12.1 Å². The third-order valence-electron chi connectivity index (χ3n) is 4.65. The highest BCUT2D eigenvalue weighted by atomic mass is 35.5. The minimum atomic E-state index is -1.30. The first-order valence-corrected chi connectivity index (χ1v) is 9.18. The van der Waals surface area contributed by atoms with Crippen LogP contribution in [0.4, 0.5) is 0 Å². The lowest BCUT2D eigenvalue weighted by molar-refractivity contribution is 0.0691. The smallest absolute Gasteiger partial charge is 0.353 e. The molecule has 7 N–H and O–H groups in total. The summed E-state index contributed by atoms with van der Waals surface area (Å²) in [7, 11) is 0. The molecule has 0 aliphatic heterocycles. The third-order valence-corrected chi connectivity index (χ3v) is 5.03. The summed E-state index contributed by atoms with van der Waals surface area (Å²) >= 11 is 6.34. The van der Waals surface area contributed by atoms with Crippen molar-refractivity contribution in [1.82, 2.24) is 20.3 Å². The molecule has 30 heavy (non-hydrogen) atoms. The number of H-pyrrole nitrogens is 2. The van der Waals surface area contributed by atoms with Gasteiger partial charge in [-0.25, -0.2) is 9.78 Å². The summed E-state index contributed by atoms with van der Waals surface area (Å²) in [6, 6.07) is 3.11. The van der Waals surface area contributed by atoms with E-state index in [-0.39, 0.29) is 40.9 Å². The molecular weight excluding hydrogens is 416 g/mol. The van der Waals surface area contributed by atoms with Gasteiger partial charge in [-0.15, -0.1) is 0 Å². The van der Waals surface area contributed by atoms with Gasteiger partial charge in [-0.3, -0.25) is 4.79 Å². The highest BCUT2D eigenvalue weighted by molar-refractivity contribution is 6.36. The Morgan fingerprint density at radius 1 is 1.10 bits per heavy atom. The third kappa shape index (κ3) is 3.94. The van der Waals surface area contributed by atoms with Crippen LogP contribution < -0.4 is 5.32 Å². The Kier molecular flexibility index (Phi) is 6.53. The van der Waals surface area contributed by atoms with E-state index in [2.05, 4.69) is 20.3 Å². The van der Waals surface area contributed by atoms with E-state index in [1.807, 2.05) is 0 Å². The van der Waals surface area contributed by atoms with E-state index in [4.69, 9.17) is 11.6 Å². The number of hydrogen-bond acceptors (Lipinski definition) is 6. The second-order valence-electron chi connectivity index (χ2n) is 6.30. The molecule has 0 aliphatic carbocycles. The van der Waals surface area contributed by atoms with Gasteiger partial charge >= 0.3 is 5.97 Å². The summed E-state index contributed by atoms with van der Waals surface area (Å²) in [5, 5.41) is 41.1. The number of aliphatic hydroxyl groups excluding tert-OH is 3. The number of rotatable bonds is 8. The van der Waals surface area contributed by atoms with Crippen molar-refractivity contribution in [2.24, 2.45) is 0 Å². The fourth-order valence-electron chi connectivity index (χ4n) is 3.23. The van der Waals surface area contributed by atoms with Gasteiger partial charge in [0.1, 0.15) is 5.69 Å². The zero-order chi connectivity index (χ0) is 21.8. The van der Waals surface area contributed by atoms with E-state index < -0.39 is 25.1 Å². The Morgan fingerprint density at radius 2 is 1.83 bits per heavy atom. The average Bonchev–Trinajstić information content (AvgIpc) is 3.39. The molecule has 158 valence electrons. The van der Waals surface area contributed by atoms with E-state index in [0.717, 1.165) is 0 Å². The number of imidazole rings is 1. The Morgan fingerprint density at radius 3 is 2.40 bits per heavy atom. The van der Waals surface area contributed by atoms with Crippen LogP contribution in [0.1, 0.15) is 43.5 Å². The van der Waals surface area contributed by atoms with Crippen LogP contribution in [-0.2, 0) is 26.4 Å². The molecule has 3 rings (SSSR count). The molecule has 0 radical (unpaired) electrons.